The largest absolute Gasteiger partial charge is 0.346 e. The second-order valence-corrected chi connectivity index (χ2v) is 6.39. The van der Waals surface area contributed by atoms with Crippen molar-refractivity contribution in [2.45, 2.75) is 25.3 Å². The number of piperazine rings is 1. The number of hydrogen-bond acceptors (Lipinski definition) is 5. The summed E-state index contributed by atoms with van der Waals surface area (Å²) in [5, 5.41) is 4.65. The second-order valence-electron chi connectivity index (χ2n) is 5.33. The second kappa shape index (κ2) is 5.15. The molecular weight excluding hydrogens is 244 g/mol. The van der Waals surface area contributed by atoms with Crippen LogP contribution in [0.1, 0.15) is 29.5 Å². The summed E-state index contributed by atoms with van der Waals surface area (Å²) in [5.41, 5.74) is 1.32. The zero-order valence-electron chi connectivity index (χ0n) is 11.3. The van der Waals surface area contributed by atoms with Crippen LogP contribution in [0.4, 0.5) is 5.13 Å². The van der Waals surface area contributed by atoms with Crippen LogP contribution in [-0.2, 0) is 6.42 Å². The number of fused-ring (bicyclic) bond motifs is 1. The zero-order chi connectivity index (χ0) is 12.5. The maximum absolute atomic E-state index is 4.92. The quantitative estimate of drug-likeness (QED) is 0.879. The van der Waals surface area contributed by atoms with Crippen LogP contribution in [-0.4, -0.2) is 50.2 Å². The molecule has 5 heteroatoms. The number of rotatable bonds is 2. The van der Waals surface area contributed by atoms with Gasteiger partial charge in [-0.3, -0.25) is 0 Å². The number of hydrogen-bond donors (Lipinski definition) is 1. The Balaban J connectivity index is 1.80. The van der Waals surface area contributed by atoms with Crippen LogP contribution in [0.5, 0.6) is 0 Å². The first-order valence-corrected chi connectivity index (χ1v) is 7.70. The highest BCUT2D eigenvalue weighted by Crippen LogP contribution is 2.36. The maximum Gasteiger partial charge on any atom is 0.185 e. The molecule has 0 spiro atoms. The van der Waals surface area contributed by atoms with Gasteiger partial charge >= 0.3 is 0 Å². The fraction of sp³-hybridized carbons (Fsp3) is 0.769. The van der Waals surface area contributed by atoms with E-state index in [1.807, 2.05) is 11.3 Å². The van der Waals surface area contributed by atoms with Crippen molar-refractivity contribution in [3.05, 3.63) is 10.6 Å². The summed E-state index contributed by atoms with van der Waals surface area (Å²) in [7, 11) is 4.25. The van der Waals surface area contributed by atoms with Crippen LogP contribution in [0.2, 0.25) is 0 Å². The number of thiazole rings is 1. The lowest BCUT2D eigenvalue weighted by molar-refractivity contribution is 0.312. The summed E-state index contributed by atoms with van der Waals surface area (Å²) >= 11 is 1.92. The normalized spacial score (nSPS) is 25.2. The van der Waals surface area contributed by atoms with Crippen molar-refractivity contribution in [3.8, 4) is 0 Å². The number of aryl methyl sites for hydroxylation is 1. The lowest BCUT2D eigenvalue weighted by Gasteiger charge is -2.32. The van der Waals surface area contributed by atoms with Crippen molar-refractivity contribution in [3.63, 3.8) is 0 Å². The van der Waals surface area contributed by atoms with Crippen LogP contribution < -0.4 is 10.2 Å². The topological polar surface area (TPSA) is 31.4 Å². The Labute approximate surface area is 113 Å². The number of anilines is 1. The van der Waals surface area contributed by atoms with Crippen molar-refractivity contribution >= 4 is 16.5 Å². The van der Waals surface area contributed by atoms with Crippen LogP contribution in [0, 0.1) is 0 Å². The summed E-state index contributed by atoms with van der Waals surface area (Å²) in [6, 6.07) is 0.478. The highest BCUT2D eigenvalue weighted by molar-refractivity contribution is 7.15. The smallest absolute Gasteiger partial charge is 0.185 e. The molecule has 100 valence electrons. The molecule has 2 aliphatic rings. The Morgan fingerprint density at radius 3 is 2.78 bits per heavy atom. The Morgan fingerprint density at radius 1 is 1.28 bits per heavy atom. The zero-order valence-corrected chi connectivity index (χ0v) is 12.1. The lowest BCUT2D eigenvalue weighted by atomic mass is 9.98. The molecule has 2 heterocycles. The van der Waals surface area contributed by atoms with E-state index < -0.39 is 0 Å². The molecule has 0 bridgehead atoms. The van der Waals surface area contributed by atoms with E-state index in [2.05, 4.69) is 29.2 Å². The predicted octanol–water partition coefficient (Wildman–Crippen LogP) is 1.49. The van der Waals surface area contributed by atoms with E-state index in [-0.39, 0.29) is 0 Å². The third-order valence-corrected chi connectivity index (χ3v) is 5.26. The third-order valence-electron chi connectivity index (χ3n) is 4.07. The minimum Gasteiger partial charge on any atom is -0.346 e. The van der Waals surface area contributed by atoms with Crippen molar-refractivity contribution in [2.75, 3.05) is 45.2 Å². The number of nitrogens with zero attached hydrogens (tertiary/aromatic N) is 3. The van der Waals surface area contributed by atoms with E-state index >= 15 is 0 Å². The minimum absolute atomic E-state index is 0.478. The molecule has 0 saturated carbocycles. The van der Waals surface area contributed by atoms with Gasteiger partial charge in [0, 0.05) is 31.1 Å². The van der Waals surface area contributed by atoms with Gasteiger partial charge in [0.15, 0.2) is 5.13 Å². The molecule has 1 atom stereocenters. The molecule has 0 aromatic carbocycles. The number of aromatic nitrogens is 1. The fourth-order valence-corrected chi connectivity index (χ4v) is 4.03. The van der Waals surface area contributed by atoms with Crippen LogP contribution in [0.25, 0.3) is 0 Å². The van der Waals surface area contributed by atoms with Gasteiger partial charge in [-0.25, -0.2) is 4.98 Å². The molecule has 1 aliphatic carbocycles. The molecule has 1 aromatic heterocycles. The van der Waals surface area contributed by atoms with Gasteiger partial charge in [0.05, 0.1) is 11.7 Å². The molecule has 1 saturated heterocycles. The SMILES string of the molecule is CNC1CCCc2sc(N3CCN(C)CC3)nc21. The van der Waals surface area contributed by atoms with Crippen molar-refractivity contribution in [1.29, 1.82) is 0 Å². The molecule has 18 heavy (non-hydrogen) atoms. The van der Waals surface area contributed by atoms with Gasteiger partial charge < -0.3 is 15.1 Å². The van der Waals surface area contributed by atoms with Gasteiger partial charge in [-0.15, -0.1) is 11.3 Å². The monoisotopic (exact) mass is 266 g/mol. The van der Waals surface area contributed by atoms with E-state index in [1.165, 1.54) is 35.0 Å². The van der Waals surface area contributed by atoms with Crippen molar-refractivity contribution < 1.29 is 0 Å². The van der Waals surface area contributed by atoms with E-state index in [0.29, 0.717) is 6.04 Å². The van der Waals surface area contributed by atoms with E-state index in [1.54, 1.807) is 0 Å². The molecule has 1 aliphatic heterocycles. The van der Waals surface area contributed by atoms with Gasteiger partial charge in [-0.2, -0.15) is 0 Å². The maximum atomic E-state index is 4.92. The Bertz CT molecular complexity index is 409. The van der Waals surface area contributed by atoms with Crippen LogP contribution in [0.3, 0.4) is 0 Å². The van der Waals surface area contributed by atoms with E-state index in [9.17, 15) is 0 Å². The lowest BCUT2D eigenvalue weighted by Crippen LogP contribution is -2.44. The number of likely N-dealkylation sites (N-methyl/N-ethyl adjacent to an activating group) is 1. The highest BCUT2D eigenvalue weighted by atomic mass is 32.1. The summed E-state index contributed by atoms with van der Waals surface area (Å²) in [6.07, 6.45) is 3.75. The average molecular weight is 266 g/mol. The molecule has 1 N–H and O–H groups in total. The number of nitrogens with one attached hydrogen (secondary N) is 1. The average Bonchev–Trinajstić information content (AvgIpc) is 2.83. The van der Waals surface area contributed by atoms with E-state index in [4.69, 9.17) is 4.98 Å². The third kappa shape index (κ3) is 2.27. The van der Waals surface area contributed by atoms with Crippen molar-refractivity contribution in [2.24, 2.45) is 0 Å². The van der Waals surface area contributed by atoms with Gasteiger partial charge in [0.1, 0.15) is 0 Å². The van der Waals surface area contributed by atoms with Crippen LogP contribution >= 0.6 is 11.3 Å². The standard InChI is InChI=1S/C13H22N4S/c1-14-10-4-3-5-11-12(10)15-13(18-11)17-8-6-16(2)7-9-17/h10,14H,3-9H2,1-2H3. The molecule has 0 amide bonds. The van der Waals surface area contributed by atoms with Gasteiger partial charge in [0.25, 0.3) is 0 Å². The summed E-state index contributed by atoms with van der Waals surface area (Å²) in [5.74, 6) is 0. The minimum atomic E-state index is 0.478. The van der Waals surface area contributed by atoms with Gasteiger partial charge in [-0.1, -0.05) is 0 Å². The molecule has 0 radical (unpaired) electrons. The Kier molecular flexibility index (Phi) is 3.54. The summed E-state index contributed by atoms with van der Waals surface area (Å²) in [4.78, 5) is 11.3. The fourth-order valence-electron chi connectivity index (χ4n) is 2.82. The highest BCUT2D eigenvalue weighted by Gasteiger charge is 2.26. The molecule has 3 rings (SSSR count). The Hall–Kier alpha value is -0.650. The van der Waals surface area contributed by atoms with Gasteiger partial charge in [-0.05, 0) is 33.4 Å². The Morgan fingerprint density at radius 2 is 2.06 bits per heavy atom. The summed E-state index contributed by atoms with van der Waals surface area (Å²) in [6.45, 7) is 4.54. The van der Waals surface area contributed by atoms with Gasteiger partial charge in [0.2, 0.25) is 0 Å². The summed E-state index contributed by atoms with van der Waals surface area (Å²) < 4.78 is 0. The first-order valence-electron chi connectivity index (χ1n) is 6.88. The molecule has 1 fully saturated rings. The van der Waals surface area contributed by atoms with Crippen LogP contribution in [0.15, 0.2) is 0 Å². The predicted molar refractivity (Wildman–Crippen MR) is 76.6 cm³/mol. The van der Waals surface area contributed by atoms with E-state index in [0.717, 1.165) is 26.2 Å². The molecular formula is C13H22N4S. The molecule has 1 aromatic rings. The first-order chi connectivity index (χ1) is 8.78. The van der Waals surface area contributed by atoms with Crippen molar-refractivity contribution in [1.82, 2.24) is 15.2 Å². The molecule has 4 nitrogen and oxygen atoms in total. The first kappa shape index (κ1) is 12.4. The molecule has 1 unspecified atom stereocenters.